The van der Waals surface area contributed by atoms with E-state index in [2.05, 4.69) is 9.71 Å². The number of anilines is 1. The highest BCUT2D eigenvalue weighted by Crippen LogP contribution is 2.17. The third kappa shape index (κ3) is 2.78. The number of phenolic OH excluding ortho intramolecular Hbond substituents is 1. The summed E-state index contributed by atoms with van der Waals surface area (Å²) in [6.07, 6.45) is 1.53. The summed E-state index contributed by atoms with van der Waals surface area (Å²) in [6.45, 7) is 1.85. The van der Waals surface area contributed by atoms with Crippen molar-refractivity contribution in [2.75, 3.05) is 4.72 Å². The number of pyridine rings is 1. The maximum atomic E-state index is 12.0. The lowest BCUT2D eigenvalue weighted by atomic mass is 10.3. The Hall–Kier alpha value is -2.08. The molecular weight excluding hydrogens is 252 g/mol. The minimum absolute atomic E-state index is 0.0163. The summed E-state index contributed by atoms with van der Waals surface area (Å²) < 4.78 is 26.4. The van der Waals surface area contributed by atoms with Crippen LogP contribution in [-0.4, -0.2) is 18.5 Å². The van der Waals surface area contributed by atoms with E-state index in [0.717, 1.165) is 5.56 Å². The Morgan fingerprint density at radius 1 is 1.17 bits per heavy atom. The third-order valence-corrected chi connectivity index (χ3v) is 3.67. The number of benzene rings is 1. The molecule has 6 heteroatoms. The van der Waals surface area contributed by atoms with Crippen LogP contribution in [0.2, 0.25) is 0 Å². The lowest BCUT2D eigenvalue weighted by Crippen LogP contribution is -2.13. The van der Waals surface area contributed by atoms with Gasteiger partial charge in [-0.05, 0) is 48.9 Å². The lowest BCUT2D eigenvalue weighted by Gasteiger charge is -2.07. The Morgan fingerprint density at radius 3 is 2.44 bits per heavy atom. The van der Waals surface area contributed by atoms with Gasteiger partial charge in [0.05, 0.1) is 4.90 Å². The van der Waals surface area contributed by atoms with E-state index >= 15 is 0 Å². The molecule has 0 bridgehead atoms. The lowest BCUT2D eigenvalue weighted by molar-refractivity contribution is 0.475. The predicted molar refractivity (Wildman–Crippen MR) is 67.9 cm³/mol. The summed E-state index contributed by atoms with van der Waals surface area (Å²) >= 11 is 0. The van der Waals surface area contributed by atoms with E-state index in [1.807, 2.05) is 6.92 Å². The number of rotatable bonds is 3. The van der Waals surface area contributed by atoms with Gasteiger partial charge in [-0.1, -0.05) is 0 Å². The normalized spacial score (nSPS) is 11.2. The molecule has 5 nitrogen and oxygen atoms in total. The van der Waals surface area contributed by atoms with E-state index in [1.54, 1.807) is 12.1 Å². The highest BCUT2D eigenvalue weighted by atomic mass is 32.2. The number of aromatic hydroxyl groups is 1. The molecule has 2 rings (SSSR count). The summed E-state index contributed by atoms with van der Waals surface area (Å²) in [5.74, 6) is 0.283. The van der Waals surface area contributed by atoms with Crippen LogP contribution in [0.5, 0.6) is 5.75 Å². The van der Waals surface area contributed by atoms with Crippen LogP contribution in [0.4, 0.5) is 5.82 Å². The Bertz CT molecular complexity index is 651. The highest BCUT2D eigenvalue weighted by Gasteiger charge is 2.14. The molecule has 18 heavy (non-hydrogen) atoms. The number of sulfonamides is 1. The van der Waals surface area contributed by atoms with Crippen molar-refractivity contribution < 1.29 is 13.5 Å². The molecule has 1 heterocycles. The maximum absolute atomic E-state index is 12.0. The SMILES string of the molecule is Cc1ccnc(NS(=O)(=O)c2ccc(O)cc2)c1. The number of aryl methyl sites for hydroxylation is 1. The van der Waals surface area contributed by atoms with Crippen molar-refractivity contribution in [2.45, 2.75) is 11.8 Å². The van der Waals surface area contributed by atoms with Gasteiger partial charge in [0, 0.05) is 6.20 Å². The number of phenols is 1. The molecule has 0 spiro atoms. The monoisotopic (exact) mass is 264 g/mol. The molecule has 0 fully saturated rings. The van der Waals surface area contributed by atoms with Gasteiger partial charge in [0.2, 0.25) is 0 Å². The van der Waals surface area contributed by atoms with Crippen molar-refractivity contribution in [1.29, 1.82) is 0 Å². The summed E-state index contributed by atoms with van der Waals surface area (Å²) in [5, 5.41) is 9.12. The molecule has 94 valence electrons. The fraction of sp³-hybridized carbons (Fsp3) is 0.0833. The van der Waals surface area contributed by atoms with E-state index in [1.165, 1.54) is 30.5 Å². The minimum atomic E-state index is -3.67. The smallest absolute Gasteiger partial charge is 0.263 e. The topological polar surface area (TPSA) is 79.3 Å². The zero-order valence-electron chi connectivity index (χ0n) is 9.66. The second-order valence-electron chi connectivity index (χ2n) is 3.82. The van der Waals surface area contributed by atoms with Crippen LogP contribution >= 0.6 is 0 Å². The molecular formula is C12H12N2O3S. The fourth-order valence-corrected chi connectivity index (χ4v) is 2.41. The van der Waals surface area contributed by atoms with Gasteiger partial charge in [-0.15, -0.1) is 0 Å². The molecule has 0 aliphatic carbocycles. The van der Waals surface area contributed by atoms with Crippen molar-refractivity contribution in [1.82, 2.24) is 4.98 Å². The molecule has 0 unspecified atom stereocenters. The van der Waals surface area contributed by atoms with Gasteiger partial charge in [-0.25, -0.2) is 13.4 Å². The van der Waals surface area contributed by atoms with Gasteiger partial charge in [-0.3, -0.25) is 4.72 Å². The zero-order valence-corrected chi connectivity index (χ0v) is 10.5. The molecule has 2 N–H and O–H groups in total. The average Bonchev–Trinajstić information content (AvgIpc) is 2.29. The first-order valence-corrected chi connectivity index (χ1v) is 6.70. The molecule has 0 aliphatic rings. The van der Waals surface area contributed by atoms with Crippen LogP contribution in [0.1, 0.15) is 5.56 Å². The molecule has 0 radical (unpaired) electrons. The van der Waals surface area contributed by atoms with E-state index in [4.69, 9.17) is 5.11 Å². The Labute approximate surface area is 105 Å². The first-order chi connectivity index (χ1) is 8.47. The largest absolute Gasteiger partial charge is 0.508 e. The molecule has 0 aliphatic heterocycles. The van der Waals surface area contributed by atoms with E-state index < -0.39 is 10.0 Å². The van der Waals surface area contributed by atoms with Crippen LogP contribution in [0.15, 0.2) is 47.5 Å². The second kappa shape index (κ2) is 4.66. The molecule has 0 saturated heterocycles. The zero-order chi connectivity index (χ0) is 13.2. The summed E-state index contributed by atoms with van der Waals surface area (Å²) in [7, 11) is -3.67. The Morgan fingerprint density at radius 2 is 1.83 bits per heavy atom. The van der Waals surface area contributed by atoms with Gasteiger partial charge >= 0.3 is 0 Å². The summed E-state index contributed by atoms with van der Waals surface area (Å²) in [6, 6.07) is 8.70. The van der Waals surface area contributed by atoms with Crippen molar-refractivity contribution in [3.8, 4) is 5.75 Å². The molecule has 1 aromatic heterocycles. The third-order valence-electron chi connectivity index (χ3n) is 2.30. The van der Waals surface area contributed by atoms with Crippen LogP contribution in [0, 0.1) is 6.92 Å². The summed E-state index contributed by atoms with van der Waals surface area (Å²) in [5.41, 5.74) is 0.911. The van der Waals surface area contributed by atoms with Crippen LogP contribution in [0.3, 0.4) is 0 Å². The van der Waals surface area contributed by atoms with Gasteiger partial charge in [0.15, 0.2) is 0 Å². The van der Waals surface area contributed by atoms with Crippen LogP contribution in [0.25, 0.3) is 0 Å². The van der Waals surface area contributed by atoms with Crippen molar-refractivity contribution in [3.63, 3.8) is 0 Å². The van der Waals surface area contributed by atoms with Crippen LogP contribution in [-0.2, 0) is 10.0 Å². The second-order valence-corrected chi connectivity index (χ2v) is 5.50. The first kappa shape index (κ1) is 12.4. The molecule has 0 atom stereocenters. The van der Waals surface area contributed by atoms with E-state index in [0.29, 0.717) is 0 Å². The average molecular weight is 264 g/mol. The molecule has 1 aromatic carbocycles. The quantitative estimate of drug-likeness (QED) is 0.887. The summed E-state index contributed by atoms with van der Waals surface area (Å²) in [4.78, 5) is 4.00. The van der Waals surface area contributed by atoms with E-state index in [9.17, 15) is 8.42 Å². The number of nitrogens with zero attached hydrogens (tertiary/aromatic N) is 1. The Kier molecular flexibility index (Phi) is 3.20. The molecule has 0 amide bonds. The standard InChI is InChI=1S/C12H12N2O3S/c1-9-6-7-13-12(8-9)14-18(16,17)11-4-2-10(15)3-5-11/h2-8,15H,1H3,(H,13,14). The number of nitrogens with one attached hydrogen (secondary N) is 1. The Balaban J connectivity index is 2.30. The number of hydrogen-bond acceptors (Lipinski definition) is 4. The van der Waals surface area contributed by atoms with Gasteiger partial charge in [-0.2, -0.15) is 0 Å². The van der Waals surface area contributed by atoms with Crippen molar-refractivity contribution >= 4 is 15.8 Å². The number of hydrogen-bond donors (Lipinski definition) is 2. The molecule has 0 saturated carbocycles. The predicted octanol–water partition coefficient (Wildman–Crippen LogP) is 1.90. The first-order valence-electron chi connectivity index (χ1n) is 5.22. The fourth-order valence-electron chi connectivity index (χ4n) is 1.41. The highest BCUT2D eigenvalue weighted by molar-refractivity contribution is 7.92. The van der Waals surface area contributed by atoms with Gasteiger partial charge in [0.1, 0.15) is 11.6 Å². The molecule has 2 aromatic rings. The van der Waals surface area contributed by atoms with Crippen LogP contribution < -0.4 is 4.72 Å². The van der Waals surface area contributed by atoms with Crippen molar-refractivity contribution in [2.24, 2.45) is 0 Å². The maximum Gasteiger partial charge on any atom is 0.263 e. The number of aromatic nitrogens is 1. The van der Waals surface area contributed by atoms with Gasteiger partial charge in [0.25, 0.3) is 10.0 Å². The van der Waals surface area contributed by atoms with Crippen molar-refractivity contribution in [3.05, 3.63) is 48.2 Å². The van der Waals surface area contributed by atoms with E-state index in [-0.39, 0.29) is 16.5 Å². The van der Waals surface area contributed by atoms with Gasteiger partial charge < -0.3 is 5.11 Å². The minimum Gasteiger partial charge on any atom is -0.508 e.